The van der Waals surface area contributed by atoms with Gasteiger partial charge in [0.25, 0.3) is 0 Å². The molecule has 0 aromatic rings. The lowest BCUT2D eigenvalue weighted by molar-refractivity contribution is -0.177. The maximum Gasteiger partial charge on any atom is 0.234 e. The third-order valence-electron chi connectivity index (χ3n) is 6.20. The lowest BCUT2D eigenvalue weighted by Crippen LogP contribution is -2.68. The third kappa shape index (κ3) is 1.35. The van der Waals surface area contributed by atoms with E-state index in [9.17, 15) is 14.0 Å². The molecule has 0 radical (unpaired) electrons. The number of carbonyl (C=O) groups is 2. The molecule has 2 amide bonds. The molecule has 1 aliphatic heterocycles. The highest BCUT2D eigenvalue weighted by atomic mass is 19.1. The van der Waals surface area contributed by atoms with Gasteiger partial charge in [0, 0.05) is 5.41 Å². The first-order valence-corrected chi connectivity index (χ1v) is 7.82. The molecule has 0 N–H and O–H groups in total. The van der Waals surface area contributed by atoms with Crippen LogP contribution in [0.2, 0.25) is 0 Å². The Morgan fingerprint density at radius 1 is 1.10 bits per heavy atom. The molecule has 3 nitrogen and oxygen atoms in total. The number of fused-ring (bicyclic) bond motifs is 8. The fourth-order valence-electron chi connectivity index (χ4n) is 5.51. The van der Waals surface area contributed by atoms with Crippen LogP contribution in [0.3, 0.4) is 0 Å². The number of amides is 2. The van der Waals surface area contributed by atoms with Gasteiger partial charge in [-0.1, -0.05) is 20.8 Å². The number of hydrogen-bond donors (Lipinski definition) is 0. The number of likely N-dealkylation sites (tertiary alicyclic amines) is 1. The predicted octanol–water partition coefficient (Wildman–Crippen LogP) is 2.40. The lowest BCUT2D eigenvalue weighted by atomic mass is 9.67. The van der Waals surface area contributed by atoms with Gasteiger partial charge in [0.05, 0.1) is 12.0 Å². The van der Waals surface area contributed by atoms with E-state index in [-0.39, 0.29) is 23.8 Å². The van der Waals surface area contributed by atoms with E-state index in [0.717, 1.165) is 6.42 Å². The van der Waals surface area contributed by atoms with E-state index in [2.05, 4.69) is 0 Å². The third-order valence-corrected chi connectivity index (χ3v) is 6.20. The summed E-state index contributed by atoms with van der Waals surface area (Å²) in [6.07, 6.45) is 1.66. The highest BCUT2D eigenvalue weighted by Crippen LogP contribution is 2.66. The van der Waals surface area contributed by atoms with Crippen LogP contribution in [0.4, 0.5) is 4.39 Å². The fraction of sp³-hybridized carbons (Fsp3) is 0.875. The van der Waals surface area contributed by atoms with Gasteiger partial charge in [-0.25, -0.2) is 4.39 Å². The van der Waals surface area contributed by atoms with E-state index in [1.807, 2.05) is 20.8 Å². The molecule has 4 heteroatoms. The van der Waals surface area contributed by atoms with Gasteiger partial charge in [0.2, 0.25) is 11.8 Å². The van der Waals surface area contributed by atoms with Crippen LogP contribution in [-0.4, -0.2) is 28.9 Å². The molecule has 3 aliphatic carbocycles. The van der Waals surface area contributed by atoms with Crippen LogP contribution in [0, 0.1) is 35.0 Å². The minimum absolute atomic E-state index is 0.0168. The van der Waals surface area contributed by atoms with Crippen LogP contribution in [0.15, 0.2) is 0 Å². The second-order valence-corrected chi connectivity index (χ2v) is 8.24. The Hall–Kier alpha value is -0.930. The van der Waals surface area contributed by atoms with Crippen LogP contribution in [0.25, 0.3) is 0 Å². The normalized spacial score (nSPS) is 49.1. The summed E-state index contributed by atoms with van der Waals surface area (Å²) in [7, 11) is 0. The molecule has 7 unspecified atom stereocenters. The Morgan fingerprint density at radius 3 is 2.30 bits per heavy atom. The van der Waals surface area contributed by atoms with Crippen molar-refractivity contribution >= 4 is 11.8 Å². The summed E-state index contributed by atoms with van der Waals surface area (Å²) in [6, 6.07) is 0.0887. The van der Waals surface area contributed by atoms with Gasteiger partial charge in [-0.05, 0) is 42.9 Å². The summed E-state index contributed by atoms with van der Waals surface area (Å²) in [5.74, 6) is 1.54. The molecule has 4 aliphatic rings. The molecule has 0 spiro atoms. The summed E-state index contributed by atoms with van der Waals surface area (Å²) in [4.78, 5) is 26.4. The van der Waals surface area contributed by atoms with Crippen molar-refractivity contribution in [1.29, 1.82) is 0 Å². The van der Waals surface area contributed by atoms with Crippen molar-refractivity contribution in [2.75, 3.05) is 0 Å². The minimum atomic E-state index is -0.685. The monoisotopic (exact) mass is 279 g/mol. The standard InChI is InChI=1S/C16H22FNO2/c1-16(2,3)15(20)18-13-11-6-10(12(13)14(18)19)8-4-7(17)5-9(8)11/h7-13H,4-6H2,1-3H3. The molecule has 1 heterocycles. The summed E-state index contributed by atoms with van der Waals surface area (Å²) >= 11 is 0. The largest absolute Gasteiger partial charge is 0.278 e. The van der Waals surface area contributed by atoms with E-state index in [1.54, 1.807) is 0 Å². The Labute approximate surface area is 118 Å². The second-order valence-electron chi connectivity index (χ2n) is 8.24. The number of nitrogens with zero attached hydrogens (tertiary/aromatic N) is 1. The van der Waals surface area contributed by atoms with Crippen LogP contribution in [-0.2, 0) is 9.59 Å². The molecule has 7 atom stereocenters. The summed E-state index contributed by atoms with van der Waals surface area (Å²) in [5, 5.41) is 0. The SMILES string of the molecule is CC(C)(C)C(=O)N1C(=O)C2C3CC(C4CC(F)CC43)C21. The van der Waals surface area contributed by atoms with Gasteiger partial charge in [-0.2, -0.15) is 0 Å². The van der Waals surface area contributed by atoms with E-state index in [1.165, 1.54) is 4.90 Å². The molecule has 0 aromatic heterocycles. The zero-order valence-corrected chi connectivity index (χ0v) is 12.3. The van der Waals surface area contributed by atoms with Crippen LogP contribution in [0.1, 0.15) is 40.0 Å². The van der Waals surface area contributed by atoms with Crippen LogP contribution >= 0.6 is 0 Å². The van der Waals surface area contributed by atoms with E-state index >= 15 is 0 Å². The minimum Gasteiger partial charge on any atom is -0.278 e. The Kier molecular flexibility index (Phi) is 2.32. The highest BCUT2D eigenvalue weighted by Gasteiger charge is 2.70. The Morgan fingerprint density at radius 2 is 1.70 bits per heavy atom. The van der Waals surface area contributed by atoms with Crippen LogP contribution < -0.4 is 0 Å². The smallest absolute Gasteiger partial charge is 0.234 e. The maximum absolute atomic E-state index is 13.7. The molecular formula is C16H22FNO2. The van der Waals surface area contributed by atoms with E-state index in [0.29, 0.717) is 36.5 Å². The molecule has 2 bridgehead atoms. The van der Waals surface area contributed by atoms with Crippen molar-refractivity contribution in [2.24, 2.45) is 35.0 Å². The van der Waals surface area contributed by atoms with Gasteiger partial charge in [-0.3, -0.25) is 14.5 Å². The van der Waals surface area contributed by atoms with Crippen molar-refractivity contribution in [3.8, 4) is 0 Å². The van der Waals surface area contributed by atoms with Crippen molar-refractivity contribution in [1.82, 2.24) is 4.90 Å². The number of halogens is 1. The highest BCUT2D eigenvalue weighted by molar-refractivity contribution is 6.04. The number of rotatable bonds is 0. The summed E-state index contributed by atoms with van der Waals surface area (Å²) < 4.78 is 13.7. The summed E-state index contributed by atoms with van der Waals surface area (Å²) in [5.41, 5.74) is -0.514. The first-order chi connectivity index (χ1) is 9.30. The zero-order chi connectivity index (χ0) is 14.4. The molecule has 4 fully saturated rings. The molecule has 20 heavy (non-hydrogen) atoms. The average molecular weight is 279 g/mol. The number of hydrogen-bond acceptors (Lipinski definition) is 2. The number of carbonyl (C=O) groups excluding carboxylic acids is 2. The van der Waals surface area contributed by atoms with Crippen molar-refractivity contribution in [3.05, 3.63) is 0 Å². The summed E-state index contributed by atoms with van der Waals surface area (Å²) in [6.45, 7) is 5.58. The number of imide groups is 1. The van der Waals surface area contributed by atoms with Gasteiger partial charge >= 0.3 is 0 Å². The number of alkyl halides is 1. The van der Waals surface area contributed by atoms with Gasteiger partial charge in [0.15, 0.2) is 0 Å². The zero-order valence-electron chi connectivity index (χ0n) is 12.3. The Balaban J connectivity index is 1.62. The lowest BCUT2D eigenvalue weighted by Gasteiger charge is -2.52. The quantitative estimate of drug-likeness (QED) is 0.639. The van der Waals surface area contributed by atoms with Crippen molar-refractivity contribution in [3.63, 3.8) is 0 Å². The molecule has 3 saturated carbocycles. The maximum atomic E-state index is 13.7. The van der Waals surface area contributed by atoms with Crippen LogP contribution in [0.5, 0.6) is 0 Å². The molecule has 4 rings (SSSR count). The Bertz CT molecular complexity index is 497. The fourth-order valence-corrected chi connectivity index (χ4v) is 5.51. The van der Waals surface area contributed by atoms with Crippen molar-refractivity contribution in [2.45, 2.75) is 52.2 Å². The van der Waals surface area contributed by atoms with Crippen molar-refractivity contribution < 1.29 is 14.0 Å². The first-order valence-electron chi connectivity index (χ1n) is 7.82. The molecule has 1 saturated heterocycles. The molecule has 110 valence electrons. The second kappa shape index (κ2) is 3.63. The average Bonchev–Trinajstić information content (AvgIpc) is 2.94. The van der Waals surface area contributed by atoms with Gasteiger partial charge in [-0.15, -0.1) is 0 Å². The van der Waals surface area contributed by atoms with E-state index < -0.39 is 11.6 Å². The topological polar surface area (TPSA) is 37.4 Å². The van der Waals surface area contributed by atoms with Gasteiger partial charge < -0.3 is 0 Å². The van der Waals surface area contributed by atoms with E-state index in [4.69, 9.17) is 0 Å². The van der Waals surface area contributed by atoms with Gasteiger partial charge in [0.1, 0.15) is 6.17 Å². The molecule has 0 aromatic carbocycles. The number of β-lactam (4-membered cyclic amide) rings is 1. The molecular weight excluding hydrogens is 257 g/mol. The predicted molar refractivity (Wildman–Crippen MR) is 71.3 cm³/mol. The first kappa shape index (κ1) is 12.8.